The number of H-pyrrole nitrogens is 1. The summed E-state index contributed by atoms with van der Waals surface area (Å²) in [6.07, 6.45) is 7.19. The van der Waals surface area contributed by atoms with Crippen LogP contribution in [0.25, 0.3) is 0 Å². The van der Waals surface area contributed by atoms with E-state index in [2.05, 4.69) is 27.4 Å². The third kappa shape index (κ3) is 3.92. The van der Waals surface area contributed by atoms with Crippen LogP contribution in [0.1, 0.15) is 21.5 Å². The van der Waals surface area contributed by atoms with Crippen LogP contribution in [0.3, 0.4) is 0 Å². The number of aromatic nitrogens is 3. The Hall–Kier alpha value is -2.73. The van der Waals surface area contributed by atoms with Crippen LogP contribution in [-0.4, -0.2) is 20.4 Å². The lowest BCUT2D eigenvalue weighted by Gasteiger charge is -2.07. The van der Waals surface area contributed by atoms with Gasteiger partial charge in [-0.2, -0.15) is 0 Å². The predicted molar refractivity (Wildman–Crippen MR) is 90.6 cm³/mol. The largest absolute Gasteiger partial charge is 0.352 e. The maximum atomic E-state index is 12.1. The van der Waals surface area contributed by atoms with E-state index in [9.17, 15) is 4.79 Å². The number of nitrogens with one attached hydrogen (secondary N) is 2. The van der Waals surface area contributed by atoms with E-state index in [0.29, 0.717) is 16.7 Å². The molecule has 2 aromatic heterocycles. The van der Waals surface area contributed by atoms with Crippen molar-refractivity contribution >= 4 is 18.1 Å². The molecule has 5 nitrogen and oxygen atoms in total. The highest BCUT2D eigenvalue weighted by atomic mass is 32.1. The van der Waals surface area contributed by atoms with Crippen LogP contribution in [0.15, 0.2) is 61.3 Å². The quantitative estimate of drug-likeness (QED) is 0.709. The minimum absolute atomic E-state index is 0.172. The number of aromatic amines is 1. The summed E-state index contributed by atoms with van der Waals surface area (Å²) < 4.78 is 2.45. The van der Waals surface area contributed by atoms with Crippen LogP contribution in [-0.2, 0) is 13.1 Å². The van der Waals surface area contributed by atoms with Gasteiger partial charge in [0.05, 0.1) is 11.9 Å². The summed E-state index contributed by atoms with van der Waals surface area (Å²) in [6.45, 7) is 1.25. The number of carbonyl (C=O) groups excluding carboxylic acids is 1. The molecular formula is C17H16N4OS. The number of nitrogens with zero attached hydrogens (tertiary/aromatic N) is 2. The number of carbonyl (C=O) groups is 1. The number of pyridine rings is 1. The smallest absolute Gasteiger partial charge is 0.254 e. The number of amides is 1. The minimum Gasteiger partial charge on any atom is -0.352 e. The monoisotopic (exact) mass is 324 g/mol. The molecule has 2 N–H and O–H groups in total. The molecule has 0 spiro atoms. The van der Waals surface area contributed by atoms with Crippen LogP contribution in [0.5, 0.6) is 0 Å². The Morgan fingerprint density at radius 1 is 1.22 bits per heavy atom. The van der Waals surface area contributed by atoms with Crippen molar-refractivity contribution in [3.63, 3.8) is 0 Å². The van der Waals surface area contributed by atoms with Crippen molar-refractivity contribution in [3.8, 4) is 0 Å². The summed E-state index contributed by atoms with van der Waals surface area (Å²) in [6, 6.07) is 11.6. The maximum Gasteiger partial charge on any atom is 0.254 e. The molecule has 1 amide bonds. The highest BCUT2D eigenvalue weighted by Crippen LogP contribution is 2.07. The number of benzene rings is 1. The Morgan fingerprint density at radius 2 is 2.00 bits per heavy atom. The van der Waals surface area contributed by atoms with Crippen molar-refractivity contribution in [2.24, 2.45) is 0 Å². The van der Waals surface area contributed by atoms with Gasteiger partial charge in [-0.15, -0.1) is 0 Å². The average Bonchev–Trinajstić information content (AvgIpc) is 3.07. The molecule has 0 aliphatic heterocycles. The molecule has 116 valence electrons. The molecule has 0 saturated heterocycles. The van der Waals surface area contributed by atoms with Gasteiger partial charge in [-0.1, -0.05) is 36.5 Å². The molecule has 1 aromatic carbocycles. The number of hydrogen-bond donors (Lipinski definition) is 2. The molecular weight excluding hydrogens is 308 g/mol. The van der Waals surface area contributed by atoms with E-state index < -0.39 is 0 Å². The summed E-state index contributed by atoms with van der Waals surface area (Å²) >= 11 is 5.11. The Kier molecular flexibility index (Phi) is 4.63. The summed E-state index contributed by atoms with van der Waals surface area (Å²) in [5.74, 6) is -0.172. The zero-order valence-corrected chi connectivity index (χ0v) is 13.2. The van der Waals surface area contributed by atoms with Crippen molar-refractivity contribution < 1.29 is 4.79 Å². The van der Waals surface area contributed by atoms with Crippen molar-refractivity contribution in [2.75, 3.05) is 0 Å². The first-order valence-electron chi connectivity index (χ1n) is 7.22. The van der Waals surface area contributed by atoms with Crippen LogP contribution in [0.4, 0.5) is 0 Å². The van der Waals surface area contributed by atoms with E-state index in [1.165, 1.54) is 5.56 Å². The van der Waals surface area contributed by atoms with E-state index >= 15 is 0 Å². The van der Waals surface area contributed by atoms with Crippen LogP contribution in [0, 0.1) is 4.64 Å². The zero-order chi connectivity index (χ0) is 16.1. The third-order valence-electron chi connectivity index (χ3n) is 3.46. The maximum absolute atomic E-state index is 12.1. The van der Waals surface area contributed by atoms with Gasteiger partial charge in [-0.05, 0) is 23.3 Å². The fraction of sp³-hybridized carbons (Fsp3) is 0.118. The molecule has 0 unspecified atom stereocenters. The second kappa shape index (κ2) is 7.02. The average molecular weight is 324 g/mol. The van der Waals surface area contributed by atoms with Gasteiger partial charge >= 0.3 is 0 Å². The summed E-state index contributed by atoms with van der Waals surface area (Å²) in [5.41, 5.74) is 2.71. The molecule has 0 atom stereocenters. The van der Waals surface area contributed by atoms with E-state index in [4.69, 9.17) is 12.2 Å². The molecule has 23 heavy (non-hydrogen) atoms. The molecule has 6 heteroatoms. The van der Waals surface area contributed by atoms with E-state index in [1.807, 2.05) is 22.9 Å². The minimum atomic E-state index is -0.172. The fourth-order valence-corrected chi connectivity index (χ4v) is 2.46. The van der Waals surface area contributed by atoms with Crippen LogP contribution < -0.4 is 5.32 Å². The highest BCUT2D eigenvalue weighted by molar-refractivity contribution is 7.71. The Balaban J connectivity index is 1.59. The SMILES string of the molecule is O=C(NCc1ccc(Cn2ccnc2)cc1)c1ccc[nH]c1=S. The molecule has 0 aliphatic carbocycles. The first kappa shape index (κ1) is 15.2. The van der Waals surface area contributed by atoms with Crippen molar-refractivity contribution in [2.45, 2.75) is 13.1 Å². The second-order valence-electron chi connectivity index (χ2n) is 5.15. The third-order valence-corrected chi connectivity index (χ3v) is 3.80. The molecule has 0 radical (unpaired) electrons. The van der Waals surface area contributed by atoms with E-state index in [1.54, 1.807) is 30.9 Å². The van der Waals surface area contributed by atoms with Crippen LogP contribution >= 0.6 is 12.2 Å². The number of imidazole rings is 1. The van der Waals surface area contributed by atoms with Crippen molar-refractivity contribution in [3.05, 3.63) is 82.6 Å². The van der Waals surface area contributed by atoms with Gasteiger partial charge in [0.2, 0.25) is 0 Å². The second-order valence-corrected chi connectivity index (χ2v) is 5.56. The first-order valence-corrected chi connectivity index (χ1v) is 7.62. The normalized spacial score (nSPS) is 10.4. The standard InChI is InChI=1S/C17H16N4OS/c22-16(15-2-1-7-19-17(15)23)20-10-13-3-5-14(6-4-13)11-21-9-8-18-12-21/h1-9,12H,10-11H2,(H,19,23)(H,20,22). The first-order chi connectivity index (χ1) is 11.2. The number of rotatable bonds is 5. The zero-order valence-electron chi connectivity index (χ0n) is 12.4. The lowest BCUT2D eigenvalue weighted by atomic mass is 10.1. The fourth-order valence-electron chi connectivity index (χ4n) is 2.23. The van der Waals surface area contributed by atoms with E-state index in [0.717, 1.165) is 12.1 Å². The molecule has 0 saturated carbocycles. The van der Waals surface area contributed by atoms with Gasteiger partial charge in [0.1, 0.15) is 4.64 Å². The molecule has 3 aromatic rings. The van der Waals surface area contributed by atoms with Crippen LogP contribution in [0.2, 0.25) is 0 Å². The lowest BCUT2D eigenvalue weighted by Crippen LogP contribution is -2.23. The van der Waals surface area contributed by atoms with Gasteiger partial charge in [-0.3, -0.25) is 4.79 Å². The predicted octanol–water partition coefficient (Wildman–Crippen LogP) is 2.92. The van der Waals surface area contributed by atoms with Crippen molar-refractivity contribution in [1.82, 2.24) is 19.9 Å². The topological polar surface area (TPSA) is 62.7 Å². The molecule has 0 aliphatic rings. The Labute approximate surface area is 139 Å². The van der Waals surface area contributed by atoms with Gasteiger partial charge in [-0.25, -0.2) is 4.98 Å². The number of hydrogen-bond acceptors (Lipinski definition) is 3. The van der Waals surface area contributed by atoms with Gasteiger partial charge in [0, 0.05) is 31.7 Å². The summed E-state index contributed by atoms with van der Waals surface area (Å²) in [5, 5.41) is 2.88. The Morgan fingerprint density at radius 3 is 2.70 bits per heavy atom. The molecule has 0 bridgehead atoms. The highest BCUT2D eigenvalue weighted by Gasteiger charge is 2.06. The molecule has 3 rings (SSSR count). The van der Waals surface area contributed by atoms with Gasteiger partial charge in [0.15, 0.2) is 0 Å². The van der Waals surface area contributed by atoms with E-state index in [-0.39, 0.29) is 5.91 Å². The summed E-state index contributed by atoms with van der Waals surface area (Å²) in [7, 11) is 0. The summed E-state index contributed by atoms with van der Waals surface area (Å²) in [4.78, 5) is 19.0. The Bertz CT molecular complexity index is 838. The molecule has 0 fully saturated rings. The lowest BCUT2D eigenvalue weighted by molar-refractivity contribution is 0.0950. The van der Waals surface area contributed by atoms with Gasteiger partial charge in [0.25, 0.3) is 5.91 Å². The molecule has 2 heterocycles. The van der Waals surface area contributed by atoms with Gasteiger partial charge < -0.3 is 14.9 Å². The van der Waals surface area contributed by atoms with Crippen molar-refractivity contribution in [1.29, 1.82) is 0 Å².